The Bertz CT molecular complexity index is 683. The van der Waals surface area contributed by atoms with E-state index in [1.807, 2.05) is 39.0 Å². The lowest BCUT2D eigenvalue weighted by atomic mass is 9.94. The minimum Gasteiger partial charge on any atom is -0.496 e. The van der Waals surface area contributed by atoms with Crippen LogP contribution in [0.3, 0.4) is 0 Å². The second-order valence-corrected chi connectivity index (χ2v) is 6.84. The molecule has 0 spiro atoms. The van der Waals surface area contributed by atoms with Crippen molar-refractivity contribution in [3.05, 3.63) is 61.6 Å². The van der Waals surface area contributed by atoms with Gasteiger partial charge in [0.2, 0.25) is 0 Å². The molecule has 21 heavy (non-hydrogen) atoms. The van der Waals surface area contributed by atoms with Crippen LogP contribution in [0.5, 0.6) is 5.75 Å². The van der Waals surface area contributed by atoms with Crippen molar-refractivity contribution < 1.29 is 4.74 Å². The lowest BCUT2D eigenvalue weighted by Crippen LogP contribution is -2.04. The Kier molecular flexibility index (Phi) is 5.24. The Labute approximate surface area is 144 Å². The van der Waals surface area contributed by atoms with Crippen LogP contribution in [0.1, 0.15) is 33.2 Å². The average Bonchev–Trinajstić information content (AvgIpc) is 2.41. The summed E-state index contributed by atoms with van der Waals surface area (Å²) < 4.78 is 6.62. The van der Waals surface area contributed by atoms with Crippen LogP contribution >= 0.6 is 39.1 Å². The number of hydrogen-bond acceptors (Lipinski definition) is 1. The second kappa shape index (κ2) is 6.60. The lowest BCUT2D eigenvalue weighted by Gasteiger charge is -2.21. The predicted octanol–water partition coefficient (Wildman–Crippen LogP) is 6.36. The maximum Gasteiger partial charge on any atom is 0.127 e. The summed E-state index contributed by atoms with van der Waals surface area (Å²) in [5.41, 5.74) is 5.26. The standard InChI is InChI=1S/C17H17BrCl2O/c1-9-7-12(19)5-6-13(9)16(20)15-11(3)14(18)8-10(2)17(15)21-4/h5-8,16H,1-4H3. The lowest BCUT2D eigenvalue weighted by molar-refractivity contribution is 0.406. The zero-order valence-electron chi connectivity index (χ0n) is 12.4. The van der Waals surface area contributed by atoms with Gasteiger partial charge in [0.05, 0.1) is 12.5 Å². The van der Waals surface area contributed by atoms with Gasteiger partial charge in [-0.15, -0.1) is 11.6 Å². The largest absolute Gasteiger partial charge is 0.496 e. The molecule has 2 aromatic carbocycles. The molecule has 0 N–H and O–H groups in total. The van der Waals surface area contributed by atoms with E-state index in [-0.39, 0.29) is 5.38 Å². The molecule has 1 atom stereocenters. The van der Waals surface area contributed by atoms with Crippen LogP contribution in [0.4, 0.5) is 0 Å². The smallest absolute Gasteiger partial charge is 0.127 e. The molecule has 0 radical (unpaired) electrons. The molecule has 4 heteroatoms. The van der Waals surface area contributed by atoms with Crippen LogP contribution in [-0.2, 0) is 0 Å². The third kappa shape index (κ3) is 3.23. The van der Waals surface area contributed by atoms with Crippen LogP contribution in [0.25, 0.3) is 0 Å². The highest BCUT2D eigenvalue weighted by atomic mass is 79.9. The molecule has 0 bridgehead atoms. The van der Waals surface area contributed by atoms with Crippen LogP contribution in [-0.4, -0.2) is 7.11 Å². The SMILES string of the molecule is COc1c(C)cc(Br)c(C)c1C(Cl)c1ccc(Cl)cc1C. The van der Waals surface area contributed by atoms with Gasteiger partial charge < -0.3 is 4.74 Å². The minimum absolute atomic E-state index is 0.284. The van der Waals surface area contributed by atoms with E-state index in [4.69, 9.17) is 27.9 Å². The summed E-state index contributed by atoms with van der Waals surface area (Å²) >= 11 is 16.4. The fourth-order valence-corrected chi connectivity index (χ4v) is 3.82. The predicted molar refractivity (Wildman–Crippen MR) is 94.1 cm³/mol. The minimum atomic E-state index is -0.284. The van der Waals surface area contributed by atoms with Crippen molar-refractivity contribution in [1.29, 1.82) is 0 Å². The number of alkyl halides is 1. The van der Waals surface area contributed by atoms with E-state index >= 15 is 0 Å². The zero-order chi connectivity index (χ0) is 15.7. The average molecular weight is 388 g/mol. The molecule has 0 aliphatic carbocycles. The fourth-order valence-electron chi connectivity index (χ4n) is 2.53. The van der Waals surface area contributed by atoms with Gasteiger partial charge in [-0.05, 0) is 61.2 Å². The Hall–Kier alpha value is -0.700. The summed E-state index contributed by atoms with van der Waals surface area (Å²) in [7, 11) is 1.68. The molecule has 0 aromatic heterocycles. The molecule has 1 unspecified atom stereocenters. The molecule has 2 aromatic rings. The van der Waals surface area contributed by atoms with Crippen molar-refractivity contribution in [1.82, 2.24) is 0 Å². The molecule has 0 amide bonds. The fraction of sp³-hybridized carbons (Fsp3) is 0.294. The molecule has 0 saturated heterocycles. The van der Waals surface area contributed by atoms with Gasteiger partial charge >= 0.3 is 0 Å². The first kappa shape index (κ1) is 16.7. The van der Waals surface area contributed by atoms with Crippen molar-refractivity contribution in [2.24, 2.45) is 0 Å². The second-order valence-electron chi connectivity index (χ2n) is 5.11. The number of halogens is 3. The molecular weight excluding hydrogens is 371 g/mol. The number of aryl methyl sites for hydroxylation is 2. The Morgan fingerprint density at radius 1 is 1.10 bits per heavy atom. The van der Waals surface area contributed by atoms with E-state index in [1.165, 1.54) is 0 Å². The highest BCUT2D eigenvalue weighted by Gasteiger charge is 2.22. The van der Waals surface area contributed by atoms with Crippen molar-refractivity contribution in [3.8, 4) is 5.75 Å². The third-order valence-corrected chi connectivity index (χ3v) is 5.18. The van der Waals surface area contributed by atoms with Gasteiger partial charge in [-0.3, -0.25) is 0 Å². The van der Waals surface area contributed by atoms with E-state index < -0.39 is 0 Å². The molecule has 0 heterocycles. The van der Waals surface area contributed by atoms with Gasteiger partial charge in [0.1, 0.15) is 5.75 Å². The van der Waals surface area contributed by atoms with Crippen molar-refractivity contribution in [3.63, 3.8) is 0 Å². The van der Waals surface area contributed by atoms with E-state index in [0.29, 0.717) is 5.02 Å². The summed E-state index contributed by atoms with van der Waals surface area (Å²) in [4.78, 5) is 0. The molecule has 112 valence electrons. The Morgan fingerprint density at radius 2 is 1.76 bits per heavy atom. The van der Waals surface area contributed by atoms with Gasteiger partial charge in [-0.1, -0.05) is 33.6 Å². The molecule has 2 rings (SSSR count). The highest BCUT2D eigenvalue weighted by molar-refractivity contribution is 9.10. The van der Waals surface area contributed by atoms with Crippen molar-refractivity contribution in [2.45, 2.75) is 26.1 Å². The van der Waals surface area contributed by atoms with Crippen LogP contribution < -0.4 is 4.74 Å². The molecular formula is C17H17BrCl2O. The number of ether oxygens (including phenoxy) is 1. The summed E-state index contributed by atoms with van der Waals surface area (Å²) in [6.07, 6.45) is 0. The van der Waals surface area contributed by atoms with Gasteiger partial charge in [0.25, 0.3) is 0 Å². The van der Waals surface area contributed by atoms with Gasteiger partial charge in [0.15, 0.2) is 0 Å². The monoisotopic (exact) mass is 386 g/mol. The van der Waals surface area contributed by atoms with Crippen LogP contribution in [0, 0.1) is 20.8 Å². The number of hydrogen-bond donors (Lipinski definition) is 0. The molecule has 1 nitrogen and oxygen atoms in total. The summed E-state index contributed by atoms with van der Waals surface area (Å²) in [5, 5.41) is 0.433. The first-order valence-electron chi connectivity index (χ1n) is 6.60. The van der Waals surface area contributed by atoms with E-state index in [9.17, 15) is 0 Å². The topological polar surface area (TPSA) is 9.23 Å². The van der Waals surface area contributed by atoms with Gasteiger partial charge in [0, 0.05) is 15.1 Å². The molecule has 0 fully saturated rings. The van der Waals surface area contributed by atoms with Crippen LogP contribution in [0.2, 0.25) is 5.02 Å². The quantitative estimate of drug-likeness (QED) is 0.556. The normalized spacial score (nSPS) is 12.3. The Morgan fingerprint density at radius 3 is 2.33 bits per heavy atom. The molecule has 0 saturated carbocycles. The van der Waals surface area contributed by atoms with E-state index in [2.05, 4.69) is 22.0 Å². The van der Waals surface area contributed by atoms with E-state index in [1.54, 1.807) is 7.11 Å². The summed E-state index contributed by atoms with van der Waals surface area (Å²) in [6, 6.07) is 7.82. The molecule has 0 aliphatic rings. The van der Waals surface area contributed by atoms with Crippen molar-refractivity contribution in [2.75, 3.05) is 7.11 Å². The van der Waals surface area contributed by atoms with Gasteiger partial charge in [-0.2, -0.15) is 0 Å². The zero-order valence-corrected chi connectivity index (χ0v) is 15.5. The number of benzene rings is 2. The number of methoxy groups -OCH3 is 1. The highest BCUT2D eigenvalue weighted by Crippen LogP contribution is 2.43. The maximum atomic E-state index is 6.78. The Balaban J connectivity index is 2.65. The van der Waals surface area contributed by atoms with Gasteiger partial charge in [-0.25, -0.2) is 0 Å². The summed E-state index contributed by atoms with van der Waals surface area (Å²) in [5.74, 6) is 0.838. The van der Waals surface area contributed by atoms with Crippen LogP contribution in [0.15, 0.2) is 28.7 Å². The maximum absolute atomic E-state index is 6.78. The first-order chi connectivity index (χ1) is 9.86. The van der Waals surface area contributed by atoms with Crippen molar-refractivity contribution >= 4 is 39.1 Å². The summed E-state index contributed by atoms with van der Waals surface area (Å²) in [6.45, 7) is 6.08. The first-order valence-corrected chi connectivity index (χ1v) is 8.21. The van der Waals surface area contributed by atoms with E-state index in [0.717, 1.165) is 38.0 Å². The third-order valence-electron chi connectivity index (χ3n) is 3.67. The number of rotatable bonds is 3. The molecule has 0 aliphatic heterocycles.